The highest BCUT2D eigenvalue weighted by Crippen LogP contribution is 2.09. The molecule has 14 heavy (non-hydrogen) atoms. The Labute approximate surface area is 84.6 Å². The average Bonchev–Trinajstić information content (AvgIpc) is 2.66. The first-order valence-corrected chi connectivity index (χ1v) is 4.83. The predicted molar refractivity (Wildman–Crippen MR) is 52.2 cm³/mol. The minimum absolute atomic E-state index is 0.00765. The average molecular weight is 217 g/mol. The first kappa shape index (κ1) is 10.9. The number of thiazole rings is 1. The lowest BCUT2D eigenvalue weighted by molar-refractivity contribution is 0.0965. The molecule has 6 nitrogen and oxygen atoms in total. The topological polar surface area (TPSA) is 94.5 Å². The SMILES string of the molecule is O=C(NCC(O)CO)Nc1nccs1. The Kier molecular flexibility index (Phi) is 4.30. The van der Waals surface area contributed by atoms with Crippen molar-refractivity contribution in [2.45, 2.75) is 6.10 Å². The number of carbonyl (C=O) groups excluding carboxylic acids is 1. The molecule has 1 heterocycles. The van der Waals surface area contributed by atoms with Crippen molar-refractivity contribution in [3.8, 4) is 0 Å². The number of aliphatic hydroxyl groups excluding tert-OH is 2. The molecule has 0 saturated heterocycles. The van der Waals surface area contributed by atoms with Gasteiger partial charge in [0.1, 0.15) is 0 Å². The third kappa shape index (κ3) is 3.69. The lowest BCUT2D eigenvalue weighted by Gasteiger charge is -2.08. The van der Waals surface area contributed by atoms with Gasteiger partial charge in [0.2, 0.25) is 0 Å². The van der Waals surface area contributed by atoms with Gasteiger partial charge in [-0.25, -0.2) is 9.78 Å². The van der Waals surface area contributed by atoms with Crippen molar-refractivity contribution in [3.63, 3.8) is 0 Å². The third-order valence-corrected chi connectivity index (χ3v) is 2.05. The van der Waals surface area contributed by atoms with E-state index in [9.17, 15) is 4.79 Å². The van der Waals surface area contributed by atoms with Crippen molar-refractivity contribution >= 4 is 22.5 Å². The van der Waals surface area contributed by atoms with Crippen molar-refractivity contribution in [2.75, 3.05) is 18.5 Å². The number of aliphatic hydroxyl groups is 2. The summed E-state index contributed by atoms with van der Waals surface area (Å²) in [5.74, 6) is 0. The van der Waals surface area contributed by atoms with Crippen molar-refractivity contribution < 1.29 is 15.0 Å². The zero-order valence-corrected chi connectivity index (χ0v) is 8.12. The van der Waals surface area contributed by atoms with E-state index in [1.165, 1.54) is 11.3 Å². The Bertz CT molecular complexity index is 278. The summed E-state index contributed by atoms with van der Waals surface area (Å²) in [4.78, 5) is 14.9. The van der Waals surface area contributed by atoms with Crippen LogP contribution in [0.5, 0.6) is 0 Å². The summed E-state index contributed by atoms with van der Waals surface area (Å²) < 4.78 is 0. The Hall–Kier alpha value is -1.18. The van der Waals surface area contributed by atoms with Crippen LogP contribution in [0.2, 0.25) is 0 Å². The fourth-order valence-corrected chi connectivity index (χ4v) is 1.23. The third-order valence-electron chi connectivity index (χ3n) is 1.36. The van der Waals surface area contributed by atoms with Gasteiger partial charge in [-0.15, -0.1) is 11.3 Å². The number of hydrogen-bond acceptors (Lipinski definition) is 5. The molecule has 0 aliphatic carbocycles. The van der Waals surface area contributed by atoms with Crippen LogP contribution in [0.15, 0.2) is 11.6 Å². The van der Waals surface area contributed by atoms with Crippen molar-refractivity contribution in [1.29, 1.82) is 0 Å². The van der Waals surface area contributed by atoms with Gasteiger partial charge in [-0.3, -0.25) is 5.32 Å². The van der Waals surface area contributed by atoms with Gasteiger partial charge < -0.3 is 15.5 Å². The van der Waals surface area contributed by atoms with Gasteiger partial charge in [-0.1, -0.05) is 0 Å². The smallest absolute Gasteiger partial charge is 0.321 e. The number of aromatic nitrogens is 1. The van der Waals surface area contributed by atoms with E-state index in [0.29, 0.717) is 5.13 Å². The van der Waals surface area contributed by atoms with Crippen LogP contribution in [0.3, 0.4) is 0 Å². The minimum Gasteiger partial charge on any atom is -0.394 e. The van der Waals surface area contributed by atoms with Crippen LogP contribution >= 0.6 is 11.3 Å². The summed E-state index contributed by atoms with van der Waals surface area (Å²) in [5, 5.41) is 24.5. The van der Waals surface area contributed by atoms with Crippen LogP contribution < -0.4 is 10.6 Å². The molecule has 1 unspecified atom stereocenters. The maximum Gasteiger partial charge on any atom is 0.321 e. The first-order chi connectivity index (χ1) is 6.72. The minimum atomic E-state index is -0.933. The van der Waals surface area contributed by atoms with E-state index in [-0.39, 0.29) is 13.2 Å². The molecule has 0 fully saturated rings. The lowest BCUT2D eigenvalue weighted by atomic mass is 10.4. The summed E-state index contributed by atoms with van der Waals surface area (Å²) >= 11 is 1.30. The maximum absolute atomic E-state index is 11.1. The molecule has 7 heteroatoms. The normalized spacial score (nSPS) is 12.1. The molecule has 1 atom stereocenters. The fourth-order valence-electron chi connectivity index (χ4n) is 0.702. The second-order valence-corrected chi connectivity index (χ2v) is 3.40. The van der Waals surface area contributed by atoms with E-state index in [1.807, 2.05) is 0 Å². The largest absolute Gasteiger partial charge is 0.394 e. The molecule has 2 amide bonds. The van der Waals surface area contributed by atoms with E-state index in [4.69, 9.17) is 10.2 Å². The summed E-state index contributed by atoms with van der Waals surface area (Å²) in [7, 11) is 0. The highest BCUT2D eigenvalue weighted by molar-refractivity contribution is 7.13. The quantitative estimate of drug-likeness (QED) is 0.553. The number of urea groups is 1. The number of carbonyl (C=O) groups is 1. The molecular weight excluding hydrogens is 206 g/mol. The molecule has 0 aliphatic heterocycles. The Balaban J connectivity index is 2.23. The second-order valence-electron chi connectivity index (χ2n) is 2.51. The van der Waals surface area contributed by atoms with Gasteiger partial charge in [0.25, 0.3) is 0 Å². The van der Waals surface area contributed by atoms with Crippen LogP contribution in [-0.4, -0.2) is 40.5 Å². The van der Waals surface area contributed by atoms with Gasteiger partial charge in [-0.2, -0.15) is 0 Å². The summed E-state index contributed by atoms with van der Waals surface area (Å²) in [6.07, 6.45) is 0.639. The van der Waals surface area contributed by atoms with Crippen molar-refractivity contribution in [2.24, 2.45) is 0 Å². The first-order valence-electron chi connectivity index (χ1n) is 3.95. The molecule has 0 radical (unpaired) electrons. The molecular formula is C7H11N3O3S. The van der Waals surface area contributed by atoms with Gasteiger partial charge in [0.15, 0.2) is 5.13 Å². The van der Waals surface area contributed by atoms with Crippen molar-refractivity contribution in [1.82, 2.24) is 10.3 Å². The zero-order chi connectivity index (χ0) is 10.4. The number of anilines is 1. The van der Waals surface area contributed by atoms with Gasteiger partial charge in [0, 0.05) is 18.1 Å². The maximum atomic E-state index is 11.1. The number of nitrogens with zero attached hydrogens (tertiary/aromatic N) is 1. The van der Waals surface area contributed by atoms with Crippen LogP contribution in [0, 0.1) is 0 Å². The molecule has 4 N–H and O–H groups in total. The molecule has 0 saturated carbocycles. The summed E-state index contributed by atoms with van der Waals surface area (Å²) in [6.45, 7) is -0.370. The molecule has 0 aliphatic rings. The van der Waals surface area contributed by atoms with Crippen LogP contribution in [-0.2, 0) is 0 Å². The number of amides is 2. The Morgan fingerprint density at radius 2 is 2.50 bits per heavy atom. The molecule has 1 rings (SSSR count). The van der Waals surface area contributed by atoms with Gasteiger partial charge >= 0.3 is 6.03 Å². The monoisotopic (exact) mass is 217 g/mol. The van der Waals surface area contributed by atoms with Crippen LogP contribution in [0.25, 0.3) is 0 Å². The number of hydrogen-bond donors (Lipinski definition) is 4. The van der Waals surface area contributed by atoms with E-state index in [1.54, 1.807) is 11.6 Å². The summed E-state index contributed by atoms with van der Waals surface area (Å²) in [5.41, 5.74) is 0. The van der Waals surface area contributed by atoms with E-state index < -0.39 is 12.1 Å². The molecule has 0 aromatic carbocycles. The highest BCUT2D eigenvalue weighted by Gasteiger charge is 2.06. The van der Waals surface area contributed by atoms with Gasteiger partial charge in [-0.05, 0) is 0 Å². The molecule has 0 spiro atoms. The molecule has 1 aromatic heterocycles. The summed E-state index contributed by atoms with van der Waals surface area (Å²) in [6, 6.07) is -0.451. The standard InChI is InChI=1S/C7H11N3O3S/c11-4-5(12)3-9-6(13)10-7-8-1-2-14-7/h1-2,5,11-12H,3-4H2,(H2,8,9,10,13). The second kappa shape index (κ2) is 5.53. The fraction of sp³-hybridized carbons (Fsp3) is 0.429. The molecule has 78 valence electrons. The van der Waals surface area contributed by atoms with E-state index in [0.717, 1.165) is 0 Å². The lowest BCUT2D eigenvalue weighted by Crippen LogP contribution is -2.36. The van der Waals surface area contributed by atoms with E-state index in [2.05, 4.69) is 15.6 Å². The molecule has 0 bridgehead atoms. The Morgan fingerprint density at radius 1 is 1.71 bits per heavy atom. The van der Waals surface area contributed by atoms with E-state index >= 15 is 0 Å². The van der Waals surface area contributed by atoms with Crippen molar-refractivity contribution in [3.05, 3.63) is 11.6 Å². The van der Waals surface area contributed by atoms with Crippen LogP contribution in [0.1, 0.15) is 0 Å². The molecule has 1 aromatic rings. The predicted octanol–water partition coefficient (Wildman–Crippen LogP) is -0.382. The number of rotatable bonds is 4. The Morgan fingerprint density at radius 3 is 3.07 bits per heavy atom. The number of nitrogens with one attached hydrogen (secondary N) is 2. The van der Waals surface area contributed by atoms with Gasteiger partial charge in [0.05, 0.1) is 12.7 Å². The van der Waals surface area contributed by atoms with Crippen LogP contribution in [0.4, 0.5) is 9.93 Å². The zero-order valence-electron chi connectivity index (χ0n) is 7.30. The highest BCUT2D eigenvalue weighted by atomic mass is 32.1.